The summed E-state index contributed by atoms with van der Waals surface area (Å²) in [6.07, 6.45) is 1.29. The molecule has 0 fully saturated rings. The van der Waals surface area contributed by atoms with Crippen molar-refractivity contribution in [2.45, 2.75) is 18.9 Å². The SMILES string of the molecule is COC(=O)C(N)Cc1ccc2c(c1)OCCCO2. The van der Waals surface area contributed by atoms with E-state index in [0.29, 0.717) is 25.4 Å². The number of fused-ring (bicyclic) bond motifs is 1. The van der Waals surface area contributed by atoms with Crippen molar-refractivity contribution in [3.8, 4) is 11.5 Å². The van der Waals surface area contributed by atoms with Crippen LogP contribution in [-0.4, -0.2) is 32.3 Å². The number of carbonyl (C=O) groups is 1. The van der Waals surface area contributed by atoms with Gasteiger partial charge in [-0.3, -0.25) is 4.79 Å². The highest BCUT2D eigenvalue weighted by Gasteiger charge is 2.16. The predicted molar refractivity (Wildman–Crippen MR) is 65.7 cm³/mol. The van der Waals surface area contributed by atoms with E-state index < -0.39 is 12.0 Å². The summed E-state index contributed by atoms with van der Waals surface area (Å²) in [5.74, 6) is 1.03. The lowest BCUT2D eigenvalue weighted by molar-refractivity contribution is -0.142. The fourth-order valence-corrected chi connectivity index (χ4v) is 1.82. The number of hydrogen-bond donors (Lipinski definition) is 1. The number of hydrogen-bond acceptors (Lipinski definition) is 5. The van der Waals surface area contributed by atoms with Gasteiger partial charge in [0.15, 0.2) is 11.5 Å². The molecule has 0 bridgehead atoms. The molecule has 1 atom stereocenters. The molecule has 0 aromatic heterocycles. The quantitative estimate of drug-likeness (QED) is 0.808. The smallest absolute Gasteiger partial charge is 0.322 e. The third-order valence-electron chi connectivity index (χ3n) is 2.77. The monoisotopic (exact) mass is 251 g/mol. The van der Waals surface area contributed by atoms with Crippen molar-refractivity contribution < 1.29 is 19.0 Å². The van der Waals surface area contributed by atoms with Gasteiger partial charge in [-0.1, -0.05) is 6.07 Å². The number of methoxy groups -OCH3 is 1. The molecule has 1 aliphatic rings. The van der Waals surface area contributed by atoms with E-state index in [1.807, 2.05) is 18.2 Å². The lowest BCUT2D eigenvalue weighted by atomic mass is 10.1. The maximum atomic E-state index is 11.3. The first-order valence-electron chi connectivity index (χ1n) is 5.92. The molecular formula is C13H17NO4. The standard InChI is InChI=1S/C13H17NO4/c1-16-13(15)10(14)7-9-3-4-11-12(8-9)18-6-2-5-17-11/h3-4,8,10H,2,5-7,14H2,1H3. The maximum Gasteiger partial charge on any atom is 0.322 e. The predicted octanol–water partition coefficient (Wildman–Crippen LogP) is 0.891. The van der Waals surface area contributed by atoms with Crippen LogP contribution < -0.4 is 15.2 Å². The highest BCUT2D eigenvalue weighted by atomic mass is 16.5. The molecule has 18 heavy (non-hydrogen) atoms. The second-order valence-electron chi connectivity index (χ2n) is 4.17. The summed E-state index contributed by atoms with van der Waals surface area (Å²) < 4.78 is 15.7. The number of benzene rings is 1. The Balaban J connectivity index is 2.10. The van der Waals surface area contributed by atoms with Gasteiger partial charge in [-0.2, -0.15) is 0 Å². The molecule has 0 saturated carbocycles. The Hall–Kier alpha value is -1.75. The normalized spacial score (nSPS) is 15.7. The number of ether oxygens (including phenoxy) is 3. The summed E-state index contributed by atoms with van der Waals surface area (Å²) >= 11 is 0. The number of esters is 1. The zero-order valence-electron chi connectivity index (χ0n) is 10.3. The largest absolute Gasteiger partial charge is 0.490 e. The lowest BCUT2D eigenvalue weighted by Crippen LogP contribution is -2.33. The number of carbonyl (C=O) groups excluding carboxylic acids is 1. The Bertz CT molecular complexity index is 433. The van der Waals surface area contributed by atoms with Crippen LogP contribution in [0.25, 0.3) is 0 Å². The van der Waals surface area contributed by atoms with Crippen molar-refractivity contribution in [2.75, 3.05) is 20.3 Å². The van der Waals surface area contributed by atoms with Crippen LogP contribution in [0, 0.1) is 0 Å². The van der Waals surface area contributed by atoms with Crippen molar-refractivity contribution in [1.29, 1.82) is 0 Å². The van der Waals surface area contributed by atoms with Crippen molar-refractivity contribution in [3.63, 3.8) is 0 Å². The van der Waals surface area contributed by atoms with Crippen LogP contribution in [0.1, 0.15) is 12.0 Å². The molecule has 0 saturated heterocycles. The van der Waals surface area contributed by atoms with Crippen molar-refractivity contribution in [1.82, 2.24) is 0 Å². The second kappa shape index (κ2) is 5.73. The van der Waals surface area contributed by atoms with E-state index in [0.717, 1.165) is 17.7 Å². The van der Waals surface area contributed by atoms with Gasteiger partial charge in [-0.15, -0.1) is 0 Å². The van der Waals surface area contributed by atoms with Crippen LogP contribution >= 0.6 is 0 Å². The molecule has 0 aliphatic carbocycles. The molecule has 1 heterocycles. The molecule has 1 aliphatic heterocycles. The first kappa shape index (κ1) is 12.7. The average Bonchev–Trinajstić information content (AvgIpc) is 2.62. The summed E-state index contributed by atoms with van der Waals surface area (Å²) in [5, 5.41) is 0. The molecule has 5 heteroatoms. The minimum atomic E-state index is -0.653. The molecule has 1 unspecified atom stereocenters. The van der Waals surface area contributed by atoms with E-state index in [9.17, 15) is 4.79 Å². The van der Waals surface area contributed by atoms with E-state index in [2.05, 4.69) is 4.74 Å². The molecule has 2 rings (SSSR count). The van der Waals surface area contributed by atoms with E-state index in [1.54, 1.807) is 0 Å². The third kappa shape index (κ3) is 2.92. The van der Waals surface area contributed by atoms with Crippen LogP contribution in [0.2, 0.25) is 0 Å². The molecule has 0 spiro atoms. The highest BCUT2D eigenvalue weighted by Crippen LogP contribution is 2.30. The molecule has 1 aromatic carbocycles. The first-order valence-corrected chi connectivity index (χ1v) is 5.92. The summed E-state index contributed by atoms with van der Waals surface area (Å²) in [5.41, 5.74) is 6.65. The fraction of sp³-hybridized carbons (Fsp3) is 0.462. The molecular weight excluding hydrogens is 234 g/mol. The Morgan fingerprint density at radius 3 is 2.83 bits per heavy atom. The van der Waals surface area contributed by atoms with Crippen LogP contribution in [0.4, 0.5) is 0 Å². The van der Waals surface area contributed by atoms with Crippen LogP contribution in [0.15, 0.2) is 18.2 Å². The Morgan fingerprint density at radius 2 is 2.11 bits per heavy atom. The molecule has 1 aromatic rings. The van der Waals surface area contributed by atoms with Gasteiger partial charge in [-0.05, 0) is 24.1 Å². The van der Waals surface area contributed by atoms with Gasteiger partial charge in [-0.25, -0.2) is 0 Å². The molecule has 98 valence electrons. The van der Waals surface area contributed by atoms with Crippen LogP contribution in [-0.2, 0) is 16.0 Å². The molecule has 5 nitrogen and oxygen atoms in total. The van der Waals surface area contributed by atoms with Gasteiger partial charge in [0.05, 0.1) is 20.3 Å². The van der Waals surface area contributed by atoms with Crippen molar-refractivity contribution in [3.05, 3.63) is 23.8 Å². The molecule has 2 N–H and O–H groups in total. The lowest BCUT2D eigenvalue weighted by Gasteiger charge is -2.12. The van der Waals surface area contributed by atoms with Crippen LogP contribution in [0.5, 0.6) is 11.5 Å². The van der Waals surface area contributed by atoms with E-state index in [-0.39, 0.29) is 0 Å². The van der Waals surface area contributed by atoms with E-state index >= 15 is 0 Å². The van der Waals surface area contributed by atoms with E-state index in [4.69, 9.17) is 15.2 Å². The second-order valence-corrected chi connectivity index (χ2v) is 4.17. The topological polar surface area (TPSA) is 70.8 Å². The van der Waals surface area contributed by atoms with Crippen molar-refractivity contribution >= 4 is 5.97 Å². The molecule has 0 radical (unpaired) electrons. The highest BCUT2D eigenvalue weighted by molar-refractivity contribution is 5.75. The summed E-state index contributed by atoms with van der Waals surface area (Å²) in [6, 6.07) is 4.94. The zero-order valence-corrected chi connectivity index (χ0v) is 10.3. The van der Waals surface area contributed by atoms with Crippen molar-refractivity contribution in [2.24, 2.45) is 5.73 Å². The third-order valence-corrected chi connectivity index (χ3v) is 2.77. The minimum Gasteiger partial charge on any atom is -0.490 e. The number of nitrogens with two attached hydrogens (primary N) is 1. The Labute approximate surface area is 106 Å². The average molecular weight is 251 g/mol. The first-order chi connectivity index (χ1) is 8.70. The Kier molecular flexibility index (Phi) is 4.04. The van der Waals surface area contributed by atoms with Gasteiger partial charge in [0, 0.05) is 6.42 Å². The van der Waals surface area contributed by atoms with Crippen LogP contribution in [0.3, 0.4) is 0 Å². The summed E-state index contributed by atoms with van der Waals surface area (Å²) in [4.78, 5) is 11.3. The van der Waals surface area contributed by atoms with Gasteiger partial charge in [0.25, 0.3) is 0 Å². The summed E-state index contributed by atoms with van der Waals surface area (Å²) in [7, 11) is 1.33. The zero-order chi connectivity index (χ0) is 13.0. The fourth-order valence-electron chi connectivity index (χ4n) is 1.82. The van der Waals surface area contributed by atoms with Gasteiger partial charge in [0.2, 0.25) is 0 Å². The minimum absolute atomic E-state index is 0.415. The van der Waals surface area contributed by atoms with Gasteiger partial charge >= 0.3 is 5.97 Å². The van der Waals surface area contributed by atoms with Gasteiger partial charge < -0.3 is 19.9 Å². The van der Waals surface area contributed by atoms with Gasteiger partial charge in [0.1, 0.15) is 6.04 Å². The Morgan fingerprint density at radius 1 is 1.39 bits per heavy atom. The van der Waals surface area contributed by atoms with E-state index in [1.165, 1.54) is 7.11 Å². The molecule has 0 amide bonds. The number of rotatable bonds is 3. The maximum absolute atomic E-state index is 11.3. The summed E-state index contributed by atoms with van der Waals surface area (Å²) in [6.45, 7) is 1.30.